The predicted molar refractivity (Wildman–Crippen MR) is 56.0 cm³/mol. The van der Waals surface area contributed by atoms with Crippen LogP contribution in [0.25, 0.3) is 0 Å². The summed E-state index contributed by atoms with van der Waals surface area (Å²) in [4.78, 5) is 11.8. The van der Waals surface area contributed by atoms with Crippen LogP contribution in [-0.4, -0.2) is 18.9 Å². The summed E-state index contributed by atoms with van der Waals surface area (Å²) in [6.07, 6.45) is 1.02. The van der Waals surface area contributed by atoms with Gasteiger partial charge in [0.05, 0.1) is 0 Å². The molecule has 4 heteroatoms. The average Bonchev–Trinajstić information content (AvgIpc) is 2.77. The van der Waals surface area contributed by atoms with Crippen molar-refractivity contribution >= 4 is 5.78 Å². The lowest BCUT2D eigenvalue weighted by Crippen LogP contribution is -2.19. The highest BCUT2D eigenvalue weighted by Gasteiger charge is 2.22. The smallest absolute Gasteiger partial charge is 0.159 e. The van der Waals surface area contributed by atoms with Crippen molar-refractivity contribution in [2.75, 3.05) is 13.1 Å². The van der Waals surface area contributed by atoms with Crippen molar-refractivity contribution in [3.8, 4) is 0 Å². The highest BCUT2D eigenvalue weighted by molar-refractivity contribution is 5.83. The topological polar surface area (TPSA) is 29.1 Å². The highest BCUT2D eigenvalue weighted by atomic mass is 19.2. The van der Waals surface area contributed by atoms with E-state index >= 15 is 0 Å². The molecule has 1 N–H and O–H groups in total. The number of carbonyl (C=O) groups excluding carboxylic acids is 1. The van der Waals surface area contributed by atoms with Gasteiger partial charge in [0, 0.05) is 18.9 Å². The van der Waals surface area contributed by atoms with Gasteiger partial charge in [0.2, 0.25) is 0 Å². The van der Waals surface area contributed by atoms with Gasteiger partial charge in [-0.05, 0) is 30.7 Å². The molecular weight excluding hydrogens is 212 g/mol. The fraction of sp³-hybridized carbons (Fsp3) is 0.417. The molecule has 0 aromatic heterocycles. The van der Waals surface area contributed by atoms with Crippen LogP contribution in [0.4, 0.5) is 8.78 Å². The second-order valence-corrected chi connectivity index (χ2v) is 4.08. The molecule has 0 saturated carbocycles. The minimum atomic E-state index is -0.894. The number of nitrogens with one attached hydrogen (secondary N) is 1. The van der Waals surface area contributed by atoms with Gasteiger partial charge in [-0.2, -0.15) is 0 Å². The Morgan fingerprint density at radius 1 is 1.38 bits per heavy atom. The quantitative estimate of drug-likeness (QED) is 0.848. The van der Waals surface area contributed by atoms with Crippen molar-refractivity contribution in [3.63, 3.8) is 0 Å². The Bertz CT molecular complexity index is 400. The lowest BCUT2D eigenvalue weighted by atomic mass is 9.97. The summed E-state index contributed by atoms with van der Waals surface area (Å²) in [7, 11) is 0. The first-order chi connectivity index (χ1) is 7.66. The molecule has 1 atom stereocenters. The third kappa shape index (κ3) is 2.44. The molecule has 2 rings (SSSR count). The van der Waals surface area contributed by atoms with E-state index in [9.17, 15) is 13.6 Å². The van der Waals surface area contributed by atoms with Gasteiger partial charge in [-0.1, -0.05) is 6.07 Å². The lowest BCUT2D eigenvalue weighted by Gasteiger charge is -2.07. The molecule has 2 nitrogen and oxygen atoms in total. The van der Waals surface area contributed by atoms with Crippen molar-refractivity contribution in [1.82, 2.24) is 5.32 Å². The van der Waals surface area contributed by atoms with E-state index in [0.717, 1.165) is 25.1 Å². The summed E-state index contributed by atoms with van der Waals surface area (Å²) in [6, 6.07) is 3.61. The molecule has 1 heterocycles. The molecule has 1 aliphatic rings. The first-order valence-corrected chi connectivity index (χ1v) is 5.34. The molecular formula is C12H13F2NO. The first kappa shape index (κ1) is 11.2. The molecule has 0 spiro atoms. The van der Waals surface area contributed by atoms with Crippen molar-refractivity contribution in [1.29, 1.82) is 0 Å². The molecule has 1 aromatic rings. The molecule has 1 aromatic carbocycles. The van der Waals surface area contributed by atoms with Gasteiger partial charge >= 0.3 is 0 Å². The van der Waals surface area contributed by atoms with Gasteiger partial charge in [-0.25, -0.2) is 8.78 Å². The van der Waals surface area contributed by atoms with Gasteiger partial charge in [-0.3, -0.25) is 4.79 Å². The number of halogens is 2. The fourth-order valence-electron chi connectivity index (χ4n) is 1.92. The van der Waals surface area contributed by atoms with E-state index in [4.69, 9.17) is 0 Å². The standard InChI is InChI=1S/C12H13F2NO/c13-10-2-1-8(5-11(10)14)6-12(16)9-3-4-15-7-9/h1-2,5,9,15H,3-4,6-7H2. The van der Waals surface area contributed by atoms with E-state index in [2.05, 4.69) is 5.32 Å². The fourth-order valence-corrected chi connectivity index (χ4v) is 1.92. The largest absolute Gasteiger partial charge is 0.316 e. The summed E-state index contributed by atoms with van der Waals surface area (Å²) in [5.41, 5.74) is 0.538. The van der Waals surface area contributed by atoms with Crippen LogP contribution >= 0.6 is 0 Å². The second-order valence-electron chi connectivity index (χ2n) is 4.08. The third-order valence-electron chi connectivity index (χ3n) is 2.88. The molecule has 86 valence electrons. The number of benzene rings is 1. The van der Waals surface area contributed by atoms with Crippen LogP contribution in [-0.2, 0) is 11.2 Å². The number of hydrogen-bond donors (Lipinski definition) is 1. The Morgan fingerprint density at radius 3 is 2.81 bits per heavy atom. The predicted octanol–water partition coefficient (Wildman–Crippen LogP) is 1.69. The molecule has 0 aliphatic carbocycles. The molecule has 0 bridgehead atoms. The third-order valence-corrected chi connectivity index (χ3v) is 2.88. The van der Waals surface area contributed by atoms with E-state index in [-0.39, 0.29) is 18.1 Å². The summed E-state index contributed by atoms with van der Waals surface area (Å²) in [5.74, 6) is -1.65. The van der Waals surface area contributed by atoms with Gasteiger partial charge in [0.25, 0.3) is 0 Å². The van der Waals surface area contributed by atoms with Crippen LogP contribution in [0, 0.1) is 17.6 Å². The lowest BCUT2D eigenvalue weighted by molar-refractivity contribution is -0.121. The van der Waals surface area contributed by atoms with Crippen LogP contribution in [0.3, 0.4) is 0 Å². The monoisotopic (exact) mass is 225 g/mol. The molecule has 1 saturated heterocycles. The number of rotatable bonds is 3. The number of hydrogen-bond acceptors (Lipinski definition) is 2. The van der Waals surface area contributed by atoms with E-state index in [1.54, 1.807) is 0 Å². The average molecular weight is 225 g/mol. The number of Topliss-reactive ketones (excluding diaryl/α,β-unsaturated/α-hetero) is 1. The minimum absolute atomic E-state index is 0.0214. The van der Waals surface area contributed by atoms with Crippen LogP contribution in [0.15, 0.2) is 18.2 Å². The van der Waals surface area contributed by atoms with Crippen LogP contribution in [0.5, 0.6) is 0 Å². The van der Waals surface area contributed by atoms with Gasteiger partial charge in [0.15, 0.2) is 11.6 Å². The van der Waals surface area contributed by atoms with Crippen molar-refractivity contribution < 1.29 is 13.6 Å². The first-order valence-electron chi connectivity index (χ1n) is 5.34. The summed E-state index contributed by atoms with van der Waals surface area (Å²) in [5, 5.41) is 3.10. The number of carbonyl (C=O) groups is 1. The zero-order valence-electron chi connectivity index (χ0n) is 8.80. The van der Waals surface area contributed by atoms with Crippen LogP contribution in [0.2, 0.25) is 0 Å². The zero-order valence-corrected chi connectivity index (χ0v) is 8.80. The zero-order chi connectivity index (χ0) is 11.5. The maximum absolute atomic E-state index is 12.9. The highest BCUT2D eigenvalue weighted by Crippen LogP contribution is 2.14. The Balaban J connectivity index is 2.02. The molecule has 16 heavy (non-hydrogen) atoms. The maximum Gasteiger partial charge on any atom is 0.159 e. The maximum atomic E-state index is 12.9. The molecule has 1 fully saturated rings. The van der Waals surface area contributed by atoms with Gasteiger partial charge < -0.3 is 5.32 Å². The van der Waals surface area contributed by atoms with Gasteiger partial charge in [0.1, 0.15) is 5.78 Å². The molecule has 0 radical (unpaired) electrons. The summed E-state index contributed by atoms with van der Waals surface area (Å²) in [6.45, 7) is 1.55. The Labute approximate surface area is 92.7 Å². The van der Waals surface area contributed by atoms with Crippen LogP contribution < -0.4 is 5.32 Å². The minimum Gasteiger partial charge on any atom is -0.316 e. The van der Waals surface area contributed by atoms with Crippen molar-refractivity contribution in [2.45, 2.75) is 12.8 Å². The van der Waals surface area contributed by atoms with Crippen molar-refractivity contribution in [3.05, 3.63) is 35.4 Å². The normalized spacial score (nSPS) is 20.0. The van der Waals surface area contributed by atoms with E-state index in [1.807, 2.05) is 0 Å². The van der Waals surface area contributed by atoms with Crippen molar-refractivity contribution in [2.24, 2.45) is 5.92 Å². The Hall–Kier alpha value is -1.29. The van der Waals surface area contributed by atoms with Gasteiger partial charge in [-0.15, -0.1) is 0 Å². The molecule has 1 aliphatic heterocycles. The van der Waals surface area contributed by atoms with E-state index in [1.165, 1.54) is 6.07 Å². The van der Waals surface area contributed by atoms with E-state index in [0.29, 0.717) is 12.1 Å². The SMILES string of the molecule is O=C(Cc1ccc(F)c(F)c1)C1CCNC1. The Kier molecular flexibility index (Phi) is 3.29. The van der Waals surface area contributed by atoms with E-state index < -0.39 is 11.6 Å². The summed E-state index contributed by atoms with van der Waals surface area (Å²) < 4.78 is 25.6. The molecule has 0 amide bonds. The second kappa shape index (κ2) is 4.70. The summed E-state index contributed by atoms with van der Waals surface area (Å²) >= 11 is 0. The number of ketones is 1. The molecule has 1 unspecified atom stereocenters. The van der Waals surface area contributed by atoms with Crippen LogP contribution in [0.1, 0.15) is 12.0 Å². The Morgan fingerprint density at radius 2 is 2.19 bits per heavy atom.